The van der Waals surface area contributed by atoms with Gasteiger partial charge in [-0.3, -0.25) is 4.79 Å². The summed E-state index contributed by atoms with van der Waals surface area (Å²) in [5, 5.41) is 14.8. The second kappa shape index (κ2) is 8.88. The predicted octanol–water partition coefficient (Wildman–Crippen LogP) is 4.00. The average molecular weight is 450 g/mol. The van der Waals surface area contributed by atoms with Crippen molar-refractivity contribution in [1.82, 2.24) is 25.6 Å². The van der Waals surface area contributed by atoms with E-state index in [1.54, 1.807) is 10.9 Å². The standard InChI is InChI=1S/C28H27N5O/c34-28(26-16-25(26)19-5-2-1-3-6-19)30-17-21-9-10-23(24-11-12-29-18-27(21)24)20-7-4-8-22(15-20)33-14-13-31-32-33/h1-10,13-15,25-26,29H,11-12,16-18H2,(H,30,34)/t25-,26?/m0/s1. The maximum absolute atomic E-state index is 12.8. The molecule has 1 unspecified atom stereocenters. The van der Waals surface area contributed by atoms with E-state index in [9.17, 15) is 4.79 Å². The van der Waals surface area contributed by atoms with Crippen LogP contribution in [0.2, 0.25) is 0 Å². The normalized spacial score (nSPS) is 18.8. The summed E-state index contributed by atoms with van der Waals surface area (Å²) in [5.41, 5.74) is 8.56. The number of carbonyl (C=O) groups is 1. The van der Waals surface area contributed by atoms with Gasteiger partial charge < -0.3 is 10.6 Å². The number of amides is 1. The Balaban J connectivity index is 1.22. The number of nitrogens with zero attached hydrogens (tertiary/aromatic N) is 3. The van der Waals surface area contributed by atoms with Crippen LogP contribution in [0.5, 0.6) is 0 Å². The van der Waals surface area contributed by atoms with Gasteiger partial charge in [0.15, 0.2) is 0 Å². The topological polar surface area (TPSA) is 71.8 Å². The third-order valence-electron chi connectivity index (χ3n) is 7.03. The molecule has 0 spiro atoms. The molecule has 3 aromatic carbocycles. The zero-order valence-electron chi connectivity index (χ0n) is 18.9. The molecular weight excluding hydrogens is 422 g/mol. The highest BCUT2D eigenvalue weighted by atomic mass is 16.2. The second-order valence-electron chi connectivity index (χ2n) is 9.13. The van der Waals surface area contributed by atoms with Gasteiger partial charge in [-0.15, -0.1) is 5.10 Å². The summed E-state index contributed by atoms with van der Waals surface area (Å²) in [4.78, 5) is 12.8. The molecule has 6 rings (SSSR count). The van der Waals surface area contributed by atoms with Gasteiger partial charge in [0.25, 0.3) is 0 Å². The Kier molecular flexibility index (Phi) is 5.43. The van der Waals surface area contributed by atoms with Crippen molar-refractivity contribution in [2.75, 3.05) is 6.54 Å². The van der Waals surface area contributed by atoms with Crippen molar-refractivity contribution in [3.05, 3.63) is 101 Å². The Morgan fingerprint density at radius 1 is 1.06 bits per heavy atom. The number of hydrogen-bond donors (Lipinski definition) is 2. The molecule has 2 atom stereocenters. The third-order valence-corrected chi connectivity index (χ3v) is 7.03. The van der Waals surface area contributed by atoms with Crippen LogP contribution in [0.4, 0.5) is 0 Å². The first kappa shape index (κ1) is 20.8. The number of fused-ring (bicyclic) bond motifs is 1. The average Bonchev–Trinajstić information content (AvgIpc) is 3.52. The van der Waals surface area contributed by atoms with Crippen molar-refractivity contribution in [1.29, 1.82) is 0 Å². The molecule has 4 aromatic rings. The van der Waals surface area contributed by atoms with Gasteiger partial charge in [-0.25, -0.2) is 4.68 Å². The number of carbonyl (C=O) groups excluding carboxylic acids is 1. The summed E-state index contributed by atoms with van der Waals surface area (Å²) in [6.45, 7) is 2.35. The molecular formula is C28H27N5O. The van der Waals surface area contributed by atoms with Crippen LogP contribution in [0.25, 0.3) is 16.8 Å². The summed E-state index contributed by atoms with van der Waals surface area (Å²) in [6, 6.07) is 23.1. The van der Waals surface area contributed by atoms with E-state index in [1.807, 2.05) is 30.5 Å². The molecule has 34 heavy (non-hydrogen) atoms. The maximum atomic E-state index is 12.8. The van der Waals surface area contributed by atoms with Crippen molar-refractivity contribution >= 4 is 5.91 Å². The molecule has 1 aromatic heterocycles. The van der Waals surface area contributed by atoms with Crippen LogP contribution in [-0.4, -0.2) is 27.4 Å². The van der Waals surface area contributed by atoms with E-state index in [1.165, 1.54) is 33.4 Å². The van der Waals surface area contributed by atoms with E-state index in [0.717, 1.165) is 31.6 Å². The van der Waals surface area contributed by atoms with Gasteiger partial charge in [0, 0.05) is 19.0 Å². The Morgan fingerprint density at radius 3 is 2.82 bits per heavy atom. The number of benzene rings is 3. The molecule has 1 saturated carbocycles. The summed E-state index contributed by atoms with van der Waals surface area (Å²) in [7, 11) is 0. The summed E-state index contributed by atoms with van der Waals surface area (Å²) >= 11 is 0. The van der Waals surface area contributed by atoms with Crippen LogP contribution in [0.15, 0.2) is 79.1 Å². The largest absolute Gasteiger partial charge is 0.352 e. The molecule has 2 N–H and O–H groups in total. The molecule has 170 valence electrons. The first-order chi connectivity index (χ1) is 16.8. The fourth-order valence-electron chi connectivity index (χ4n) is 5.14. The maximum Gasteiger partial charge on any atom is 0.224 e. The number of nitrogens with one attached hydrogen (secondary N) is 2. The lowest BCUT2D eigenvalue weighted by molar-refractivity contribution is -0.122. The van der Waals surface area contributed by atoms with Gasteiger partial charge in [0.05, 0.1) is 18.1 Å². The summed E-state index contributed by atoms with van der Waals surface area (Å²) in [5.74, 6) is 0.613. The number of rotatable bonds is 6. The number of hydrogen-bond acceptors (Lipinski definition) is 4. The fraction of sp³-hybridized carbons (Fsp3) is 0.250. The molecule has 1 aliphatic carbocycles. The van der Waals surface area contributed by atoms with Crippen LogP contribution in [0.3, 0.4) is 0 Å². The lowest BCUT2D eigenvalue weighted by Crippen LogP contribution is -2.29. The van der Waals surface area contributed by atoms with Crippen LogP contribution in [-0.2, 0) is 24.3 Å². The zero-order valence-corrected chi connectivity index (χ0v) is 18.9. The molecule has 2 heterocycles. The monoisotopic (exact) mass is 449 g/mol. The third kappa shape index (κ3) is 4.01. The van der Waals surface area contributed by atoms with Crippen molar-refractivity contribution in [2.24, 2.45) is 5.92 Å². The highest BCUT2D eigenvalue weighted by Gasteiger charge is 2.43. The van der Waals surface area contributed by atoms with E-state index in [4.69, 9.17) is 0 Å². The SMILES string of the molecule is O=C(NCc1ccc(-c2cccc(-n3ccnn3)c2)c2c1CNCC2)C1C[C@H]1c1ccccc1. The first-order valence-electron chi connectivity index (χ1n) is 11.9. The second-order valence-corrected chi connectivity index (χ2v) is 9.13. The van der Waals surface area contributed by atoms with Crippen LogP contribution >= 0.6 is 0 Å². The minimum Gasteiger partial charge on any atom is -0.352 e. The van der Waals surface area contributed by atoms with Gasteiger partial charge in [-0.05, 0) is 70.8 Å². The van der Waals surface area contributed by atoms with E-state index in [-0.39, 0.29) is 11.8 Å². The molecule has 6 nitrogen and oxygen atoms in total. The molecule has 1 amide bonds. The smallest absolute Gasteiger partial charge is 0.224 e. The minimum atomic E-state index is 0.0927. The lowest BCUT2D eigenvalue weighted by atomic mass is 9.88. The van der Waals surface area contributed by atoms with Crippen molar-refractivity contribution in [3.63, 3.8) is 0 Å². The molecule has 1 aliphatic heterocycles. The van der Waals surface area contributed by atoms with Crippen molar-refractivity contribution in [2.45, 2.75) is 31.8 Å². The Labute approximate surface area is 199 Å². The van der Waals surface area contributed by atoms with Gasteiger partial charge in [0.2, 0.25) is 5.91 Å². The van der Waals surface area contributed by atoms with E-state index >= 15 is 0 Å². The summed E-state index contributed by atoms with van der Waals surface area (Å²) in [6.07, 6.45) is 5.45. The fourth-order valence-corrected chi connectivity index (χ4v) is 5.14. The first-order valence-corrected chi connectivity index (χ1v) is 11.9. The van der Waals surface area contributed by atoms with Crippen LogP contribution in [0, 0.1) is 5.92 Å². The highest BCUT2D eigenvalue weighted by Crippen LogP contribution is 2.47. The zero-order chi connectivity index (χ0) is 22.9. The molecule has 1 fully saturated rings. The van der Waals surface area contributed by atoms with E-state index < -0.39 is 0 Å². The lowest BCUT2D eigenvalue weighted by Gasteiger charge is -2.24. The summed E-state index contributed by atoms with van der Waals surface area (Å²) < 4.78 is 1.78. The minimum absolute atomic E-state index is 0.0927. The predicted molar refractivity (Wildman–Crippen MR) is 131 cm³/mol. The van der Waals surface area contributed by atoms with Gasteiger partial charge in [-0.1, -0.05) is 59.8 Å². The van der Waals surface area contributed by atoms with Gasteiger partial charge >= 0.3 is 0 Å². The van der Waals surface area contributed by atoms with E-state index in [2.05, 4.69) is 63.4 Å². The van der Waals surface area contributed by atoms with Gasteiger partial charge in [-0.2, -0.15) is 0 Å². The van der Waals surface area contributed by atoms with E-state index in [0.29, 0.717) is 12.5 Å². The molecule has 0 saturated heterocycles. The van der Waals surface area contributed by atoms with Crippen LogP contribution < -0.4 is 10.6 Å². The Hall–Kier alpha value is -3.77. The Morgan fingerprint density at radius 2 is 1.97 bits per heavy atom. The van der Waals surface area contributed by atoms with Crippen molar-refractivity contribution in [3.8, 4) is 16.8 Å². The quantitative estimate of drug-likeness (QED) is 0.467. The molecule has 2 aliphatic rings. The highest BCUT2D eigenvalue weighted by molar-refractivity contribution is 5.83. The van der Waals surface area contributed by atoms with Gasteiger partial charge in [0.1, 0.15) is 0 Å². The molecule has 6 heteroatoms. The van der Waals surface area contributed by atoms with Crippen molar-refractivity contribution < 1.29 is 4.79 Å². The molecule has 0 bridgehead atoms. The molecule has 0 radical (unpaired) electrons. The van der Waals surface area contributed by atoms with Crippen LogP contribution in [0.1, 0.15) is 34.6 Å². The number of aromatic nitrogens is 3. The Bertz CT molecular complexity index is 1320.